The normalized spacial score (nSPS) is 10.2. The van der Waals surface area contributed by atoms with Gasteiger partial charge in [0.25, 0.3) is 5.69 Å². The zero-order chi connectivity index (χ0) is 13.8. The molecule has 1 N–H and O–H groups in total. The lowest BCUT2D eigenvalue weighted by Gasteiger charge is -2.06. The van der Waals surface area contributed by atoms with Crippen LogP contribution in [-0.4, -0.2) is 4.92 Å². The molecule has 4 nitrogen and oxygen atoms in total. The number of rotatable bonds is 4. The number of benzene rings is 2. The van der Waals surface area contributed by atoms with Crippen LogP contribution in [0.2, 0.25) is 0 Å². The lowest BCUT2D eigenvalue weighted by molar-refractivity contribution is -0.385. The Bertz CT molecular complexity index is 602. The van der Waals surface area contributed by atoms with Crippen LogP contribution >= 0.6 is 22.6 Å². The summed E-state index contributed by atoms with van der Waals surface area (Å²) in [4.78, 5) is 10.0. The maximum absolute atomic E-state index is 13.2. The van der Waals surface area contributed by atoms with Crippen LogP contribution in [0.5, 0.6) is 0 Å². The standard InChI is InChI=1S/C13H10FIN2O2/c14-10-5-9(6-13(7-10)17(18)19)8-16-12-3-1-11(15)2-4-12/h1-7,16H,8H2. The first-order valence-corrected chi connectivity index (χ1v) is 6.56. The molecule has 2 rings (SSSR count). The van der Waals surface area contributed by atoms with Gasteiger partial charge in [-0.15, -0.1) is 0 Å². The van der Waals surface area contributed by atoms with Crippen molar-refractivity contribution in [2.45, 2.75) is 6.54 Å². The molecule has 0 atom stereocenters. The van der Waals surface area contributed by atoms with E-state index in [1.165, 1.54) is 12.1 Å². The summed E-state index contributed by atoms with van der Waals surface area (Å²) in [6.45, 7) is 0.333. The Morgan fingerprint density at radius 1 is 1.21 bits per heavy atom. The van der Waals surface area contributed by atoms with E-state index in [9.17, 15) is 14.5 Å². The molecule has 0 amide bonds. The van der Waals surface area contributed by atoms with Crippen molar-refractivity contribution in [3.63, 3.8) is 0 Å². The first kappa shape index (κ1) is 13.7. The van der Waals surface area contributed by atoms with Gasteiger partial charge in [-0.1, -0.05) is 0 Å². The van der Waals surface area contributed by atoms with E-state index in [4.69, 9.17) is 0 Å². The molecule has 6 heteroatoms. The molecular formula is C13H10FIN2O2. The highest BCUT2D eigenvalue weighted by molar-refractivity contribution is 14.1. The molecular weight excluding hydrogens is 362 g/mol. The molecule has 0 radical (unpaired) electrons. The zero-order valence-electron chi connectivity index (χ0n) is 9.77. The Balaban J connectivity index is 2.11. The summed E-state index contributed by atoms with van der Waals surface area (Å²) in [7, 11) is 0. The highest BCUT2D eigenvalue weighted by atomic mass is 127. The number of non-ortho nitro benzene ring substituents is 1. The maximum Gasteiger partial charge on any atom is 0.272 e. The number of hydrogen-bond donors (Lipinski definition) is 1. The molecule has 2 aromatic carbocycles. The van der Waals surface area contributed by atoms with Crippen molar-refractivity contribution in [2.75, 3.05) is 5.32 Å². The molecule has 0 unspecified atom stereocenters. The summed E-state index contributed by atoms with van der Waals surface area (Å²) in [6.07, 6.45) is 0. The second-order valence-corrected chi connectivity index (χ2v) is 5.18. The Labute approximate surface area is 122 Å². The van der Waals surface area contributed by atoms with E-state index in [-0.39, 0.29) is 5.69 Å². The summed E-state index contributed by atoms with van der Waals surface area (Å²) in [5, 5.41) is 13.7. The van der Waals surface area contributed by atoms with E-state index in [0.29, 0.717) is 12.1 Å². The first-order valence-electron chi connectivity index (χ1n) is 5.48. The van der Waals surface area contributed by atoms with Crippen LogP contribution < -0.4 is 5.32 Å². The van der Waals surface area contributed by atoms with Crippen LogP contribution in [0.1, 0.15) is 5.56 Å². The summed E-state index contributed by atoms with van der Waals surface area (Å²) < 4.78 is 14.3. The van der Waals surface area contributed by atoms with Crippen LogP contribution in [0, 0.1) is 19.5 Å². The molecule has 0 bridgehead atoms. The SMILES string of the molecule is O=[N+]([O-])c1cc(F)cc(CNc2ccc(I)cc2)c1. The van der Waals surface area contributed by atoms with E-state index in [1.807, 2.05) is 24.3 Å². The average molecular weight is 372 g/mol. The summed E-state index contributed by atoms with van der Waals surface area (Å²) in [5.41, 5.74) is 1.18. The van der Waals surface area contributed by atoms with Crippen LogP contribution in [-0.2, 0) is 6.54 Å². The van der Waals surface area contributed by atoms with Crippen molar-refractivity contribution in [1.82, 2.24) is 0 Å². The van der Waals surface area contributed by atoms with Gasteiger partial charge >= 0.3 is 0 Å². The van der Waals surface area contributed by atoms with Gasteiger partial charge in [-0.05, 0) is 58.5 Å². The molecule has 19 heavy (non-hydrogen) atoms. The van der Waals surface area contributed by atoms with Crippen LogP contribution in [0.3, 0.4) is 0 Å². The van der Waals surface area contributed by atoms with E-state index in [1.54, 1.807) is 0 Å². The van der Waals surface area contributed by atoms with Gasteiger partial charge in [0.05, 0.1) is 11.0 Å². The lowest BCUT2D eigenvalue weighted by Crippen LogP contribution is -2.01. The third-order valence-corrected chi connectivity index (χ3v) is 3.21. The van der Waals surface area contributed by atoms with E-state index in [2.05, 4.69) is 27.9 Å². The second-order valence-electron chi connectivity index (χ2n) is 3.94. The number of anilines is 1. The zero-order valence-corrected chi connectivity index (χ0v) is 11.9. The van der Waals surface area contributed by atoms with Gasteiger partial charge in [-0.2, -0.15) is 0 Å². The van der Waals surface area contributed by atoms with Gasteiger partial charge in [0.2, 0.25) is 0 Å². The molecule has 0 heterocycles. The van der Waals surface area contributed by atoms with E-state index < -0.39 is 10.7 Å². The molecule has 0 saturated carbocycles. The highest BCUT2D eigenvalue weighted by Gasteiger charge is 2.09. The number of nitro groups is 1. The van der Waals surface area contributed by atoms with E-state index >= 15 is 0 Å². The largest absolute Gasteiger partial charge is 0.381 e. The third-order valence-electron chi connectivity index (χ3n) is 2.49. The summed E-state index contributed by atoms with van der Waals surface area (Å²) in [6, 6.07) is 11.2. The monoisotopic (exact) mass is 372 g/mol. The molecule has 2 aromatic rings. The van der Waals surface area contributed by atoms with Gasteiger partial charge in [0, 0.05) is 21.9 Å². The van der Waals surface area contributed by atoms with Crippen molar-refractivity contribution in [3.05, 3.63) is 67.5 Å². The van der Waals surface area contributed by atoms with Crippen molar-refractivity contribution in [1.29, 1.82) is 0 Å². The highest BCUT2D eigenvalue weighted by Crippen LogP contribution is 2.18. The Kier molecular flexibility index (Phi) is 4.31. The fourth-order valence-electron chi connectivity index (χ4n) is 1.61. The fourth-order valence-corrected chi connectivity index (χ4v) is 1.97. The molecule has 0 aliphatic carbocycles. The molecule has 0 fully saturated rings. The molecule has 0 aliphatic rings. The van der Waals surface area contributed by atoms with E-state index in [0.717, 1.165) is 15.3 Å². The minimum Gasteiger partial charge on any atom is -0.381 e. The molecule has 0 saturated heterocycles. The third kappa shape index (κ3) is 3.88. The summed E-state index contributed by atoms with van der Waals surface area (Å²) >= 11 is 2.20. The predicted molar refractivity (Wildman–Crippen MR) is 79.5 cm³/mol. The number of halogens is 2. The van der Waals surface area contributed by atoms with Gasteiger partial charge in [0.1, 0.15) is 5.82 Å². The first-order chi connectivity index (χ1) is 9.04. The Hall–Kier alpha value is -1.70. The Morgan fingerprint density at radius 2 is 1.89 bits per heavy atom. The van der Waals surface area contributed by atoms with Gasteiger partial charge in [0.15, 0.2) is 0 Å². The van der Waals surface area contributed by atoms with Crippen LogP contribution in [0.4, 0.5) is 15.8 Å². The van der Waals surface area contributed by atoms with Crippen LogP contribution in [0.25, 0.3) is 0 Å². The summed E-state index contributed by atoms with van der Waals surface area (Å²) in [5.74, 6) is -0.603. The quantitative estimate of drug-likeness (QED) is 0.502. The molecule has 0 spiro atoms. The number of nitrogens with zero attached hydrogens (tertiary/aromatic N) is 1. The van der Waals surface area contributed by atoms with Gasteiger partial charge in [-0.3, -0.25) is 10.1 Å². The Morgan fingerprint density at radius 3 is 2.53 bits per heavy atom. The molecule has 0 aromatic heterocycles. The lowest BCUT2D eigenvalue weighted by atomic mass is 10.2. The number of nitrogens with one attached hydrogen (secondary N) is 1. The molecule has 0 aliphatic heterocycles. The van der Waals surface area contributed by atoms with Gasteiger partial charge < -0.3 is 5.32 Å². The smallest absolute Gasteiger partial charge is 0.272 e. The topological polar surface area (TPSA) is 55.2 Å². The van der Waals surface area contributed by atoms with Crippen LogP contribution in [0.15, 0.2) is 42.5 Å². The minimum atomic E-state index is -0.603. The average Bonchev–Trinajstić information content (AvgIpc) is 2.37. The van der Waals surface area contributed by atoms with Gasteiger partial charge in [-0.25, -0.2) is 4.39 Å². The number of hydrogen-bond acceptors (Lipinski definition) is 3. The van der Waals surface area contributed by atoms with Crippen molar-refractivity contribution in [3.8, 4) is 0 Å². The maximum atomic E-state index is 13.2. The van der Waals surface area contributed by atoms with Crippen molar-refractivity contribution in [2.24, 2.45) is 0 Å². The molecule has 98 valence electrons. The number of nitro benzene ring substituents is 1. The minimum absolute atomic E-state index is 0.237. The predicted octanol–water partition coefficient (Wildman–Crippen LogP) is 3.95. The fraction of sp³-hybridized carbons (Fsp3) is 0.0769. The van der Waals surface area contributed by atoms with Crippen molar-refractivity contribution < 1.29 is 9.31 Å². The second kappa shape index (κ2) is 5.96. The van der Waals surface area contributed by atoms with Crippen molar-refractivity contribution >= 4 is 34.0 Å².